The van der Waals surface area contributed by atoms with Crippen molar-refractivity contribution in [1.82, 2.24) is 0 Å². The van der Waals surface area contributed by atoms with Gasteiger partial charge in [-0.3, -0.25) is 9.59 Å². The molecule has 0 fully saturated rings. The van der Waals surface area contributed by atoms with Gasteiger partial charge < -0.3 is 10.2 Å². The van der Waals surface area contributed by atoms with Gasteiger partial charge in [0.1, 0.15) is 0 Å². The van der Waals surface area contributed by atoms with Crippen molar-refractivity contribution < 1.29 is 19.8 Å². The molecular weight excluding hydrogens is 268 g/mol. The lowest BCUT2D eigenvalue weighted by atomic mass is 9.65. The van der Waals surface area contributed by atoms with E-state index in [1.54, 1.807) is 6.08 Å². The molecule has 0 saturated carbocycles. The van der Waals surface area contributed by atoms with Crippen LogP contribution in [0.3, 0.4) is 0 Å². The molecule has 0 saturated heterocycles. The summed E-state index contributed by atoms with van der Waals surface area (Å²) in [4.78, 5) is 23.2. The molecule has 4 nitrogen and oxygen atoms in total. The average molecular weight is 296 g/mol. The van der Waals surface area contributed by atoms with Gasteiger partial charge in [-0.15, -0.1) is 0 Å². The van der Waals surface area contributed by atoms with E-state index in [0.717, 1.165) is 12.8 Å². The van der Waals surface area contributed by atoms with Crippen LogP contribution in [0.15, 0.2) is 12.2 Å². The first kappa shape index (κ1) is 17.7. The molecule has 0 radical (unpaired) electrons. The molecule has 3 unspecified atom stereocenters. The lowest BCUT2D eigenvalue weighted by molar-refractivity contribution is -0.164. The topological polar surface area (TPSA) is 74.6 Å². The van der Waals surface area contributed by atoms with Crippen molar-refractivity contribution in [1.29, 1.82) is 0 Å². The average Bonchev–Trinajstić information content (AvgIpc) is 2.34. The van der Waals surface area contributed by atoms with Crippen LogP contribution in [0.2, 0.25) is 0 Å². The highest BCUT2D eigenvalue weighted by Crippen LogP contribution is 2.44. The number of hydrogen-bond acceptors (Lipinski definition) is 2. The Morgan fingerprint density at radius 2 is 1.90 bits per heavy atom. The maximum atomic E-state index is 11.8. The Morgan fingerprint density at radius 1 is 1.29 bits per heavy atom. The van der Waals surface area contributed by atoms with Crippen molar-refractivity contribution in [3.05, 3.63) is 12.2 Å². The minimum Gasteiger partial charge on any atom is -0.481 e. The van der Waals surface area contributed by atoms with Crippen molar-refractivity contribution in [3.63, 3.8) is 0 Å². The van der Waals surface area contributed by atoms with Gasteiger partial charge in [-0.1, -0.05) is 39.8 Å². The molecule has 1 aliphatic rings. The molecule has 0 bridgehead atoms. The molecule has 4 heteroatoms. The van der Waals surface area contributed by atoms with Crippen LogP contribution in [-0.4, -0.2) is 22.2 Å². The molecule has 0 aromatic rings. The van der Waals surface area contributed by atoms with E-state index in [2.05, 4.69) is 27.7 Å². The van der Waals surface area contributed by atoms with Crippen LogP contribution in [0.1, 0.15) is 59.8 Å². The minimum atomic E-state index is -1.15. The number of carbonyl (C=O) groups is 2. The summed E-state index contributed by atoms with van der Waals surface area (Å²) in [5.74, 6) is -2.39. The monoisotopic (exact) mass is 296 g/mol. The van der Waals surface area contributed by atoms with E-state index in [9.17, 15) is 19.8 Å². The lowest BCUT2D eigenvalue weighted by Crippen LogP contribution is -2.44. The Labute approximate surface area is 127 Å². The number of aliphatic carboxylic acids is 2. The Hall–Kier alpha value is -1.32. The van der Waals surface area contributed by atoms with E-state index in [0.29, 0.717) is 25.2 Å². The van der Waals surface area contributed by atoms with E-state index in [-0.39, 0.29) is 5.41 Å². The molecule has 3 atom stereocenters. The second kappa shape index (κ2) is 6.63. The standard InChI is InChI=1S/C17H28O4/c1-12(11-16(2,3)4)8-10-17(15(20)21)9-6-5-7-13(17)14(18)19/h5-6,12-13H,7-11H2,1-4H3,(H,18,19)(H,20,21). The first-order valence-electron chi connectivity index (χ1n) is 7.70. The fraction of sp³-hybridized carbons (Fsp3) is 0.765. The van der Waals surface area contributed by atoms with E-state index in [1.165, 1.54) is 0 Å². The van der Waals surface area contributed by atoms with Crippen LogP contribution in [-0.2, 0) is 9.59 Å². The Kier molecular flexibility index (Phi) is 5.60. The summed E-state index contributed by atoms with van der Waals surface area (Å²) in [6.07, 6.45) is 6.44. The summed E-state index contributed by atoms with van der Waals surface area (Å²) >= 11 is 0. The molecule has 0 amide bonds. The smallest absolute Gasteiger partial charge is 0.310 e. The number of carboxylic acid groups (broad SMARTS) is 2. The predicted octanol–water partition coefficient (Wildman–Crippen LogP) is 3.96. The molecule has 1 rings (SSSR count). The first-order valence-corrected chi connectivity index (χ1v) is 7.70. The zero-order valence-electron chi connectivity index (χ0n) is 13.6. The first-order chi connectivity index (χ1) is 9.58. The van der Waals surface area contributed by atoms with Crippen LogP contribution < -0.4 is 0 Å². The lowest BCUT2D eigenvalue weighted by Gasteiger charge is -2.37. The SMILES string of the molecule is CC(CCC1(C(=O)O)CC=CCC1C(=O)O)CC(C)(C)C. The van der Waals surface area contributed by atoms with Crippen LogP contribution in [0, 0.1) is 22.7 Å². The summed E-state index contributed by atoms with van der Waals surface area (Å²) in [6.45, 7) is 8.62. The highest BCUT2D eigenvalue weighted by atomic mass is 16.4. The van der Waals surface area contributed by atoms with Gasteiger partial charge in [0.2, 0.25) is 0 Å². The fourth-order valence-electron chi connectivity index (χ4n) is 3.50. The van der Waals surface area contributed by atoms with Crippen molar-refractivity contribution in [2.24, 2.45) is 22.7 Å². The molecule has 0 aromatic heterocycles. The summed E-state index contributed by atoms with van der Waals surface area (Å²) in [6, 6.07) is 0. The van der Waals surface area contributed by atoms with Gasteiger partial charge >= 0.3 is 11.9 Å². The number of carboxylic acids is 2. The molecule has 120 valence electrons. The molecule has 0 aromatic carbocycles. The highest BCUT2D eigenvalue weighted by Gasteiger charge is 2.49. The molecule has 1 aliphatic carbocycles. The van der Waals surface area contributed by atoms with Crippen molar-refractivity contribution in [2.75, 3.05) is 0 Å². The van der Waals surface area contributed by atoms with Gasteiger partial charge in [-0.05, 0) is 43.4 Å². The number of rotatable bonds is 6. The van der Waals surface area contributed by atoms with E-state index < -0.39 is 23.3 Å². The third-order valence-corrected chi connectivity index (χ3v) is 4.46. The Balaban J connectivity index is 2.84. The zero-order chi connectivity index (χ0) is 16.3. The minimum absolute atomic E-state index is 0.203. The molecule has 0 spiro atoms. The van der Waals surface area contributed by atoms with Gasteiger partial charge in [0.05, 0.1) is 11.3 Å². The predicted molar refractivity (Wildman–Crippen MR) is 82.0 cm³/mol. The van der Waals surface area contributed by atoms with Crippen molar-refractivity contribution in [3.8, 4) is 0 Å². The maximum absolute atomic E-state index is 11.8. The molecule has 0 aliphatic heterocycles. The fourth-order valence-corrected chi connectivity index (χ4v) is 3.50. The van der Waals surface area contributed by atoms with Crippen LogP contribution >= 0.6 is 0 Å². The molecular formula is C17H28O4. The number of allylic oxidation sites excluding steroid dienone is 2. The highest BCUT2D eigenvalue weighted by molar-refractivity contribution is 5.84. The van der Waals surface area contributed by atoms with E-state index >= 15 is 0 Å². The summed E-state index contributed by atoms with van der Waals surface area (Å²) < 4.78 is 0. The van der Waals surface area contributed by atoms with Gasteiger partial charge in [0.25, 0.3) is 0 Å². The van der Waals surface area contributed by atoms with Crippen LogP contribution in [0.5, 0.6) is 0 Å². The Bertz CT molecular complexity index is 419. The maximum Gasteiger partial charge on any atom is 0.310 e. The zero-order valence-corrected chi connectivity index (χ0v) is 13.6. The van der Waals surface area contributed by atoms with Crippen molar-refractivity contribution in [2.45, 2.75) is 59.8 Å². The van der Waals surface area contributed by atoms with Crippen molar-refractivity contribution >= 4 is 11.9 Å². The molecule has 0 heterocycles. The van der Waals surface area contributed by atoms with Gasteiger partial charge in [0.15, 0.2) is 0 Å². The van der Waals surface area contributed by atoms with E-state index in [4.69, 9.17) is 0 Å². The van der Waals surface area contributed by atoms with Crippen LogP contribution in [0.25, 0.3) is 0 Å². The van der Waals surface area contributed by atoms with Crippen LogP contribution in [0.4, 0.5) is 0 Å². The Morgan fingerprint density at radius 3 is 2.38 bits per heavy atom. The number of hydrogen-bond donors (Lipinski definition) is 2. The summed E-state index contributed by atoms with van der Waals surface area (Å²) in [5, 5.41) is 19.0. The quantitative estimate of drug-likeness (QED) is 0.727. The van der Waals surface area contributed by atoms with E-state index in [1.807, 2.05) is 6.08 Å². The second-order valence-electron chi connectivity index (χ2n) is 7.67. The second-order valence-corrected chi connectivity index (χ2v) is 7.67. The normalized spacial score (nSPS) is 27.3. The van der Waals surface area contributed by atoms with Gasteiger partial charge in [0, 0.05) is 0 Å². The molecule has 21 heavy (non-hydrogen) atoms. The summed E-state index contributed by atoms with van der Waals surface area (Å²) in [7, 11) is 0. The van der Waals surface area contributed by atoms with Gasteiger partial charge in [-0.2, -0.15) is 0 Å². The third kappa shape index (κ3) is 4.58. The third-order valence-electron chi connectivity index (χ3n) is 4.46. The van der Waals surface area contributed by atoms with Gasteiger partial charge in [-0.25, -0.2) is 0 Å². The molecule has 2 N–H and O–H groups in total. The largest absolute Gasteiger partial charge is 0.481 e. The summed E-state index contributed by atoms with van der Waals surface area (Å²) in [5.41, 5.74) is -0.943.